The highest BCUT2D eigenvalue weighted by Crippen LogP contribution is 2.24. The Kier molecular flexibility index (Phi) is 3.92. The molecule has 0 aliphatic carbocycles. The van der Waals surface area contributed by atoms with Gasteiger partial charge in [-0.25, -0.2) is 0 Å². The van der Waals surface area contributed by atoms with Crippen LogP contribution in [0.5, 0.6) is 0 Å². The van der Waals surface area contributed by atoms with Crippen LogP contribution in [0.15, 0.2) is 35.7 Å². The molecule has 3 N–H and O–H groups in total. The number of halogens is 1. The van der Waals surface area contributed by atoms with E-state index in [1.165, 1.54) is 4.88 Å². The van der Waals surface area contributed by atoms with Gasteiger partial charge in [-0.15, -0.1) is 11.3 Å². The van der Waals surface area contributed by atoms with Gasteiger partial charge in [0.15, 0.2) is 0 Å². The van der Waals surface area contributed by atoms with Crippen molar-refractivity contribution < 1.29 is 0 Å². The predicted octanol–water partition coefficient (Wildman–Crippen LogP) is 4.03. The van der Waals surface area contributed by atoms with Crippen LogP contribution in [0.4, 0.5) is 11.4 Å². The summed E-state index contributed by atoms with van der Waals surface area (Å²) in [7, 11) is 0. The molecule has 1 aromatic heterocycles. The van der Waals surface area contributed by atoms with Gasteiger partial charge in [0, 0.05) is 22.4 Å². The average molecular weight is 267 g/mol. The highest BCUT2D eigenvalue weighted by atomic mass is 35.5. The summed E-state index contributed by atoms with van der Waals surface area (Å²) in [4.78, 5) is 1.37. The summed E-state index contributed by atoms with van der Waals surface area (Å²) in [5.41, 5.74) is 7.53. The van der Waals surface area contributed by atoms with Crippen LogP contribution in [0.3, 0.4) is 0 Å². The molecule has 0 amide bonds. The first kappa shape index (κ1) is 12.3. The highest BCUT2D eigenvalue weighted by molar-refractivity contribution is 7.09. The molecule has 2 nitrogen and oxygen atoms in total. The highest BCUT2D eigenvalue weighted by Gasteiger charge is 2.06. The van der Waals surface area contributed by atoms with E-state index in [2.05, 4.69) is 29.8 Å². The van der Waals surface area contributed by atoms with Crippen molar-refractivity contribution in [3.63, 3.8) is 0 Å². The largest absolute Gasteiger partial charge is 0.397 e. The number of rotatable bonds is 4. The Balaban J connectivity index is 2.00. The third kappa shape index (κ3) is 3.38. The minimum absolute atomic E-state index is 0.345. The molecule has 2 rings (SSSR count). The van der Waals surface area contributed by atoms with Gasteiger partial charge in [0.1, 0.15) is 0 Å². The predicted molar refractivity (Wildman–Crippen MR) is 77.0 cm³/mol. The van der Waals surface area contributed by atoms with Crippen LogP contribution in [-0.4, -0.2) is 6.04 Å². The SMILES string of the molecule is CC(Cc1cccs1)Nc1ccc(Cl)cc1N. The molecule has 1 atom stereocenters. The zero-order chi connectivity index (χ0) is 12.3. The minimum atomic E-state index is 0.345. The van der Waals surface area contributed by atoms with Crippen molar-refractivity contribution in [2.45, 2.75) is 19.4 Å². The molecule has 17 heavy (non-hydrogen) atoms. The second-order valence-corrected chi connectivity index (χ2v) is 5.53. The standard InChI is InChI=1S/C13H15ClN2S/c1-9(7-11-3-2-6-17-11)16-13-5-4-10(14)8-12(13)15/h2-6,8-9,16H,7,15H2,1H3. The summed E-state index contributed by atoms with van der Waals surface area (Å²) in [5, 5.41) is 6.16. The van der Waals surface area contributed by atoms with Crippen molar-refractivity contribution in [3.8, 4) is 0 Å². The van der Waals surface area contributed by atoms with E-state index in [9.17, 15) is 0 Å². The third-order valence-electron chi connectivity index (χ3n) is 2.50. The molecule has 4 heteroatoms. The van der Waals surface area contributed by atoms with Crippen LogP contribution in [-0.2, 0) is 6.42 Å². The van der Waals surface area contributed by atoms with Crippen LogP contribution in [0.1, 0.15) is 11.8 Å². The lowest BCUT2D eigenvalue weighted by molar-refractivity contribution is 0.801. The maximum absolute atomic E-state index is 5.90. The van der Waals surface area contributed by atoms with E-state index in [1.54, 1.807) is 17.4 Å². The van der Waals surface area contributed by atoms with E-state index < -0.39 is 0 Å². The average Bonchev–Trinajstić information content (AvgIpc) is 2.75. The second kappa shape index (κ2) is 5.43. The maximum Gasteiger partial charge on any atom is 0.0577 e. The van der Waals surface area contributed by atoms with Crippen LogP contribution in [0.25, 0.3) is 0 Å². The van der Waals surface area contributed by atoms with Gasteiger partial charge >= 0.3 is 0 Å². The molecule has 0 fully saturated rings. The number of nitrogens with two attached hydrogens (primary N) is 1. The molecular weight excluding hydrogens is 252 g/mol. The summed E-state index contributed by atoms with van der Waals surface area (Å²) in [5.74, 6) is 0. The van der Waals surface area contributed by atoms with E-state index in [0.29, 0.717) is 16.8 Å². The molecule has 0 aliphatic heterocycles. The Morgan fingerprint density at radius 3 is 2.88 bits per heavy atom. The van der Waals surface area contributed by atoms with Gasteiger partial charge < -0.3 is 11.1 Å². The molecule has 0 saturated carbocycles. The molecule has 0 bridgehead atoms. The summed E-state index contributed by atoms with van der Waals surface area (Å²) < 4.78 is 0. The lowest BCUT2D eigenvalue weighted by Gasteiger charge is -2.16. The zero-order valence-corrected chi connectivity index (χ0v) is 11.2. The van der Waals surface area contributed by atoms with E-state index in [4.69, 9.17) is 17.3 Å². The molecule has 1 heterocycles. The summed E-state index contributed by atoms with van der Waals surface area (Å²) in [6.45, 7) is 2.15. The van der Waals surface area contributed by atoms with Crippen LogP contribution in [0, 0.1) is 0 Å². The summed E-state index contributed by atoms with van der Waals surface area (Å²) in [6, 6.07) is 10.1. The van der Waals surface area contributed by atoms with Crippen LogP contribution < -0.4 is 11.1 Å². The molecule has 2 aromatic rings. The quantitative estimate of drug-likeness (QED) is 0.820. The van der Waals surface area contributed by atoms with Gasteiger partial charge in [-0.3, -0.25) is 0 Å². The maximum atomic E-state index is 5.90. The topological polar surface area (TPSA) is 38.0 Å². The van der Waals surface area contributed by atoms with E-state index >= 15 is 0 Å². The summed E-state index contributed by atoms with van der Waals surface area (Å²) >= 11 is 7.64. The number of anilines is 2. The van der Waals surface area contributed by atoms with E-state index in [-0.39, 0.29) is 0 Å². The number of benzene rings is 1. The van der Waals surface area contributed by atoms with Crippen LogP contribution in [0.2, 0.25) is 5.02 Å². The number of nitrogens with one attached hydrogen (secondary N) is 1. The van der Waals surface area contributed by atoms with Crippen molar-refractivity contribution in [1.29, 1.82) is 0 Å². The monoisotopic (exact) mass is 266 g/mol. The number of nitrogen functional groups attached to an aromatic ring is 1. The first-order valence-electron chi connectivity index (χ1n) is 5.49. The Labute approximate surface area is 110 Å². The van der Waals surface area contributed by atoms with E-state index in [1.807, 2.05) is 12.1 Å². The smallest absolute Gasteiger partial charge is 0.0577 e. The normalized spacial score (nSPS) is 12.4. The molecule has 0 radical (unpaired) electrons. The van der Waals surface area contributed by atoms with Crippen molar-refractivity contribution in [3.05, 3.63) is 45.6 Å². The first-order valence-corrected chi connectivity index (χ1v) is 6.75. The van der Waals surface area contributed by atoms with Crippen molar-refractivity contribution in [2.75, 3.05) is 11.1 Å². The Bertz CT molecular complexity index is 482. The van der Waals surface area contributed by atoms with Gasteiger partial charge in [0.25, 0.3) is 0 Å². The fourth-order valence-corrected chi connectivity index (χ4v) is 2.73. The fraction of sp³-hybridized carbons (Fsp3) is 0.231. The van der Waals surface area contributed by atoms with Gasteiger partial charge in [0.05, 0.1) is 11.4 Å². The van der Waals surface area contributed by atoms with Crippen molar-refractivity contribution in [2.24, 2.45) is 0 Å². The zero-order valence-electron chi connectivity index (χ0n) is 9.61. The van der Waals surface area contributed by atoms with Crippen molar-refractivity contribution in [1.82, 2.24) is 0 Å². The number of hydrogen-bond acceptors (Lipinski definition) is 3. The number of thiophene rings is 1. The Morgan fingerprint density at radius 1 is 1.41 bits per heavy atom. The second-order valence-electron chi connectivity index (χ2n) is 4.06. The van der Waals surface area contributed by atoms with Gasteiger partial charge in [-0.2, -0.15) is 0 Å². The van der Waals surface area contributed by atoms with Crippen LogP contribution >= 0.6 is 22.9 Å². The van der Waals surface area contributed by atoms with Gasteiger partial charge in [0.2, 0.25) is 0 Å². The lowest BCUT2D eigenvalue weighted by atomic mass is 10.2. The van der Waals surface area contributed by atoms with Crippen molar-refractivity contribution >= 4 is 34.3 Å². The molecular formula is C13H15ClN2S. The fourth-order valence-electron chi connectivity index (χ4n) is 1.71. The molecule has 1 unspecified atom stereocenters. The Morgan fingerprint density at radius 2 is 2.24 bits per heavy atom. The molecule has 0 spiro atoms. The third-order valence-corrected chi connectivity index (χ3v) is 3.64. The van der Waals surface area contributed by atoms with Gasteiger partial charge in [-0.05, 0) is 36.6 Å². The first-order chi connectivity index (χ1) is 8.15. The number of hydrogen-bond donors (Lipinski definition) is 2. The Hall–Kier alpha value is -1.19. The molecule has 0 aliphatic rings. The minimum Gasteiger partial charge on any atom is -0.397 e. The molecule has 90 valence electrons. The molecule has 1 aromatic carbocycles. The van der Waals surface area contributed by atoms with E-state index in [0.717, 1.165) is 12.1 Å². The summed E-state index contributed by atoms with van der Waals surface area (Å²) in [6.07, 6.45) is 1.000. The lowest BCUT2D eigenvalue weighted by Crippen LogP contribution is -2.18. The van der Waals surface area contributed by atoms with Gasteiger partial charge in [-0.1, -0.05) is 17.7 Å². The molecule has 0 saturated heterocycles.